The maximum Gasteiger partial charge on any atom is 0.432 e. The Labute approximate surface area is 52.7 Å². The normalized spacial score (nSPS) is 20.1. The third kappa shape index (κ3) is 1.51. The molecular weight excluding hydrogens is 145 g/mol. The fourth-order valence-corrected chi connectivity index (χ4v) is 0.565. The van der Waals surface area contributed by atoms with Crippen LogP contribution in [0.3, 0.4) is 0 Å². The van der Waals surface area contributed by atoms with Gasteiger partial charge in [-0.1, -0.05) is 0 Å². The zero-order valence-corrected chi connectivity index (χ0v) is 5.40. The van der Waals surface area contributed by atoms with Gasteiger partial charge in [0, 0.05) is 0 Å². The molecule has 0 saturated carbocycles. The molecule has 1 atom stereocenters. The van der Waals surface area contributed by atoms with Gasteiger partial charge in [0.15, 0.2) is 0 Å². The Morgan fingerprint density at radius 2 is 1.78 bits per heavy atom. The van der Waals surface area contributed by atoms with E-state index in [4.69, 9.17) is 0 Å². The van der Waals surface area contributed by atoms with Gasteiger partial charge >= 0.3 is 12.2 Å². The molecular formula is C2H4N3O3P. The van der Waals surface area contributed by atoms with Crippen molar-refractivity contribution in [3.63, 3.8) is 0 Å². The van der Waals surface area contributed by atoms with Crippen LogP contribution in [-0.4, -0.2) is 17.1 Å². The summed E-state index contributed by atoms with van der Waals surface area (Å²) in [5.74, 6) is 0. The predicted octanol–water partition coefficient (Wildman–Crippen LogP) is -0.642. The molecule has 0 radical (unpaired) electrons. The molecule has 2 amide bonds. The summed E-state index contributed by atoms with van der Waals surface area (Å²) < 4.78 is 4.00. The Balaban J connectivity index is 2.53. The quantitative estimate of drug-likeness (QED) is 0.355. The summed E-state index contributed by atoms with van der Waals surface area (Å²) in [5.41, 5.74) is 4.23. The number of carbonyl (C=O) groups excluding carboxylic acids is 2. The highest BCUT2D eigenvalue weighted by molar-refractivity contribution is 7.13. The van der Waals surface area contributed by atoms with Gasteiger partial charge in [-0.25, -0.2) is 20.4 Å². The largest absolute Gasteiger partial charge is 0.432 e. The summed E-state index contributed by atoms with van der Waals surface area (Å²) >= 11 is 0. The van der Waals surface area contributed by atoms with Crippen molar-refractivity contribution in [2.45, 2.75) is 0 Å². The second-order valence-electron chi connectivity index (χ2n) is 1.27. The van der Waals surface area contributed by atoms with E-state index in [-0.39, 0.29) is 0 Å². The van der Waals surface area contributed by atoms with Gasteiger partial charge in [0.05, 0.1) is 0 Å². The first kappa shape index (κ1) is 6.25. The van der Waals surface area contributed by atoms with Crippen molar-refractivity contribution in [1.82, 2.24) is 15.7 Å². The SMILES string of the molecule is O=C1NN(P)NC(=O)O1. The van der Waals surface area contributed by atoms with Gasteiger partial charge in [-0.2, -0.15) is 0 Å². The summed E-state index contributed by atoms with van der Waals surface area (Å²) in [5, 5.41) is 0. The van der Waals surface area contributed by atoms with Crippen molar-refractivity contribution in [1.29, 1.82) is 0 Å². The number of nitrogens with zero attached hydrogens (tertiary/aromatic N) is 1. The van der Waals surface area contributed by atoms with Crippen LogP contribution in [0.25, 0.3) is 0 Å². The molecule has 1 heterocycles. The van der Waals surface area contributed by atoms with Crippen molar-refractivity contribution in [3.8, 4) is 0 Å². The van der Waals surface area contributed by atoms with Gasteiger partial charge in [0.2, 0.25) is 0 Å². The fourth-order valence-electron chi connectivity index (χ4n) is 0.354. The number of cyclic esters (lactones) is 2. The fraction of sp³-hybridized carbons (Fsp3) is 0. The van der Waals surface area contributed by atoms with E-state index in [0.717, 1.165) is 4.89 Å². The Hall–Kier alpha value is -0.870. The standard InChI is InChI=1S/C2H4N3O3P/c6-1-3-5(9)4-2(7)8-1/h9H2,(H,3,6)(H,4,7). The van der Waals surface area contributed by atoms with Crippen molar-refractivity contribution < 1.29 is 14.3 Å². The van der Waals surface area contributed by atoms with Crippen LogP contribution < -0.4 is 10.9 Å². The highest BCUT2D eigenvalue weighted by atomic mass is 31.0. The molecule has 7 heteroatoms. The molecule has 0 aromatic heterocycles. The molecule has 2 N–H and O–H groups in total. The molecule has 1 aliphatic rings. The second-order valence-corrected chi connectivity index (χ2v) is 1.79. The monoisotopic (exact) mass is 149 g/mol. The van der Waals surface area contributed by atoms with E-state index in [1.807, 2.05) is 9.39 Å². The third-order valence-electron chi connectivity index (χ3n) is 0.609. The number of ether oxygens (including phenoxy) is 1. The maximum absolute atomic E-state index is 10.2. The van der Waals surface area contributed by atoms with Crippen LogP contribution in [-0.2, 0) is 4.74 Å². The van der Waals surface area contributed by atoms with E-state index >= 15 is 0 Å². The van der Waals surface area contributed by atoms with E-state index in [0.29, 0.717) is 0 Å². The highest BCUT2D eigenvalue weighted by Crippen LogP contribution is 1.94. The summed E-state index contributed by atoms with van der Waals surface area (Å²) in [6, 6.07) is 0. The minimum absolute atomic E-state index is 0.797. The Kier molecular flexibility index (Phi) is 1.50. The molecule has 1 saturated heterocycles. The minimum atomic E-state index is -0.797. The average molecular weight is 149 g/mol. The smallest absolute Gasteiger partial charge is 0.357 e. The summed E-state index contributed by atoms with van der Waals surface area (Å²) in [4.78, 5) is 21.5. The molecule has 9 heavy (non-hydrogen) atoms. The zero-order chi connectivity index (χ0) is 6.85. The van der Waals surface area contributed by atoms with E-state index in [1.54, 1.807) is 0 Å². The zero-order valence-electron chi connectivity index (χ0n) is 4.25. The lowest BCUT2D eigenvalue weighted by molar-refractivity contribution is 0.0952. The molecule has 0 spiro atoms. The number of carbonyl (C=O) groups is 2. The highest BCUT2D eigenvalue weighted by Gasteiger charge is 2.19. The third-order valence-corrected chi connectivity index (χ3v) is 0.867. The molecule has 1 unspecified atom stereocenters. The van der Waals surface area contributed by atoms with Crippen LogP contribution in [0.2, 0.25) is 0 Å². The van der Waals surface area contributed by atoms with Gasteiger partial charge in [-0.3, -0.25) is 0 Å². The number of nitrogens with one attached hydrogen (secondary N) is 2. The first-order chi connectivity index (χ1) is 4.18. The molecule has 0 aliphatic carbocycles. The first-order valence-electron chi connectivity index (χ1n) is 2.02. The molecule has 1 fully saturated rings. The Bertz CT molecular complexity index is 143. The Morgan fingerprint density at radius 3 is 2.11 bits per heavy atom. The average Bonchev–Trinajstić information content (AvgIpc) is 1.59. The lowest BCUT2D eigenvalue weighted by Crippen LogP contribution is -2.53. The maximum atomic E-state index is 10.2. The van der Waals surface area contributed by atoms with Crippen molar-refractivity contribution >= 4 is 21.6 Å². The number of hydrogen-bond acceptors (Lipinski definition) is 4. The van der Waals surface area contributed by atoms with E-state index in [2.05, 4.69) is 15.6 Å². The second kappa shape index (κ2) is 2.16. The number of hydrogen-bond donors (Lipinski definition) is 2. The first-order valence-corrected chi connectivity index (χ1v) is 2.54. The van der Waals surface area contributed by atoms with Crippen LogP contribution in [0.15, 0.2) is 0 Å². The topological polar surface area (TPSA) is 70.7 Å². The van der Waals surface area contributed by atoms with Gasteiger partial charge in [-0.05, 0) is 9.39 Å². The van der Waals surface area contributed by atoms with Crippen molar-refractivity contribution in [2.24, 2.45) is 0 Å². The molecule has 1 rings (SSSR count). The van der Waals surface area contributed by atoms with E-state index in [9.17, 15) is 9.59 Å². The lowest BCUT2D eigenvalue weighted by Gasteiger charge is -2.21. The van der Waals surface area contributed by atoms with Gasteiger partial charge in [-0.15, -0.1) is 4.89 Å². The number of amides is 2. The lowest BCUT2D eigenvalue weighted by atomic mass is 11.1. The van der Waals surface area contributed by atoms with Crippen LogP contribution in [0, 0.1) is 0 Å². The van der Waals surface area contributed by atoms with Crippen LogP contribution in [0.5, 0.6) is 0 Å². The number of rotatable bonds is 0. The van der Waals surface area contributed by atoms with Crippen molar-refractivity contribution in [2.75, 3.05) is 0 Å². The number of hydrazine groups is 2. The van der Waals surface area contributed by atoms with Crippen LogP contribution >= 0.6 is 9.39 Å². The molecule has 0 bridgehead atoms. The summed E-state index contributed by atoms with van der Waals surface area (Å²) in [6.45, 7) is 0. The van der Waals surface area contributed by atoms with Gasteiger partial charge < -0.3 is 4.74 Å². The van der Waals surface area contributed by atoms with Crippen LogP contribution in [0.1, 0.15) is 0 Å². The predicted molar refractivity (Wildman–Crippen MR) is 29.7 cm³/mol. The Morgan fingerprint density at radius 1 is 1.33 bits per heavy atom. The molecule has 0 aromatic rings. The molecule has 6 nitrogen and oxygen atoms in total. The minimum Gasteiger partial charge on any atom is -0.357 e. The summed E-state index contributed by atoms with van der Waals surface area (Å²) in [7, 11) is 2.04. The van der Waals surface area contributed by atoms with Gasteiger partial charge in [0.1, 0.15) is 0 Å². The summed E-state index contributed by atoms with van der Waals surface area (Å²) in [6.07, 6.45) is -1.59. The molecule has 0 aromatic carbocycles. The molecule has 50 valence electrons. The van der Waals surface area contributed by atoms with Crippen molar-refractivity contribution in [3.05, 3.63) is 0 Å². The van der Waals surface area contributed by atoms with E-state index in [1.165, 1.54) is 0 Å². The molecule has 1 aliphatic heterocycles. The van der Waals surface area contributed by atoms with E-state index < -0.39 is 12.2 Å². The van der Waals surface area contributed by atoms with Crippen LogP contribution in [0.4, 0.5) is 9.59 Å². The van der Waals surface area contributed by atoms with Gasteiger partial charge in [0.25, 0.3) is 0 Å².